The molecule has 1 nitrogen and oxygen atoms in total. The lowest BCUT2D eigenvalue weighted by atomic mass is 10.2. The van der Waals surface area contributed by atoms with Crippen molar-refractivity contribution in [1.29, 1.82) is 0 Å². The lowest BCUT2D eigenvalue weighted by molar-refractivity contribution is 0.624. The molecule has 0 saturated carbocycles. The van der Waals surface area contributed by atoms with Crippen LogP contribution in [-0.2, 0) is 0 Å². The van der Waals surface area contributed by atoms with Gasteiger partial charge in [-0.15, -0.1) is 0 Å². The van der Waals surface area contributed by atoms with Crippen LogP contribution in [0.3, 0.4) is 0 Å². The maximum Gasteiger partial charge on any atom is 0.222 e. The van der Waals surface area contributed by atoms with Gasteiger partial charge in [0.05, 0.1) is 6.57 Å². The summed E-state index contributed by atoms with van der Waals surface area (Å²) in [5.41, 5.74) is 0.619. The van der Waals surface area contributed by atoms with Gasteiger partial charge in [-0.2, -0.15) is 0 Å². The van der Waals surface area contributed by atoms with Gasteiger partial charge in [0.2, 0.25) is 5.69 Å². The molecule has 0 spiro atoms. The van der Waals surface area contributed by atoms with Crippen LogP contribution in [-0.4, -0.2) is 0 Å². The molecular weight excluding hydrogens is 129 g/mol. The zero-order valence-corrected chi connectivity index (χ0v) is 5.56. The van der Waals surface area contributed by atoms with Crippen molar-refractivity contribution in [3.63, 3.8) is 0 Å². The predicted molar refractivity (Wildman–Crippen MR) is 37.4 cm³/mol. The van der Waals surface area contributed by atoms with E-state index in [2.05, 4.69) is 4.85 Å². The molecule has 0 atom stereocenters. The van der Waals surface area contributed by atoms with Gasteiger partial charge in [-0.25, -0.2) is 9.24 Å². The van der Waals surface area contributed by atoms with E-state index < -0.39 is 5.82 Å². The third-order valence-corrected chi connectivity index (χ3v) is 1.29. The molecule has 10 heavy (non-hydrogen) atoms. The van der Waals surface area contributed by atoms with Gasteiger partial charge in [0.15, 0.2) is 0 Å². The van der Waals surface area contributed by atoms with Gasteiger partial charge in [0, 0.05) is 0 Å². The van der Waals surface area contributed by atoms with E-state index in [0.29, 0.717) is 5.56 Å². The minimum atomic E-state index is -0.405. The molecular formula is C8H6FN. The maximum absolute atomic E-state index is 12.8. The summed E-state index contributed by atoms with van der Waals surface area (Å²) in [6, 6.07) is 4.78. The molecule has 0 unspecified atom stereocenters. The highest BCUT2D eigenvalue weighted by Crippen LogP contribution is 2.19. The first-order valence-electron chi connectivity index (χ1n) is 2.88. The zero-order valence-electron chi connectivity index (χ0n) is 5.56. The first-order valence-corrected chi connectivity index (χ1v) is 2.88. The topological polar surface area (TPSA) is 4.36 Å². The Morgan fingerprint density at radius 2 is 2.20 bits per heavy atom. The lowest BCUT2D eigenvalue weighted by Gasteiger charge is -1.94. The Morgan fingerprint density at radius 3 is 2.70 bits per heavy atom. The summed E-state index contributed by atoms with van der Waals surface area (Å²) in [5, 5.41) is 0. The second-order valence-electron chi connectivity index (χ2n) is 2.02. The number of rotatable bonds is 0. The van der Waals surface area contributed by atoms with E-state index in [9.17, 15) is 4.39 Å². The van der Waals surface area contributed by atoms with Crippen molar-refractivity contribution < 1.29 is 4.39 Å². The standard InChI is InChI=1S/C8H6FN/c1-6-4-3-5-7(10-2)8(6)9/h3-5H,1H3. The van der Waals surface area contributed by atoms with Gasteiger partial charge in [-0.05, 0) is 12.5 Å². The number of benzene rings is 1. The quantitative estimate of drug-likeness (QED) is 0.482. The highest BCUT2D eigenvalue weighted by atomic mass is 19.1. The van der Waals surface area contributed by atoms with Crippen molar-refractivity contribution >= 4 is 5.69 Å². The molecule has 0 aliphatic carbocycles. The van der Waals surface area contributed by atoms with Gasteiger partial charge in [0.1, 0.15) is 5.82 Å². The Labute approximate surface area is 58.9 Å². The number of hydrogen-bond acceptors (Lipinski definition) is 0. The van der Waals surface area contributed by atoms with Crippen LogP contribution >= 0.6 is 0 Å². The monoisotopic (exact) mass is 135 g/mol. The largest absolute Gasteiger partial charge is 0.235 e. The molecule has 2 heteroatoms. The van der Waals surface area contributed by atoms with Crippen LogP contribution in [0.15, 0.2) is 18.2 Å². The number of aryl methyl sites for hydroxylation is 1. The molecule has 0 heterocycles. The predicted octanol–water partition coefficient (Wildman–Crippen LogP) is 2.68. The fourth-order valence-corrected chi connectivity index (χ4v) is 0.718. The summed E-state index contributed by atoms with van der Waals surface area (Å²) >= 11 is 0. The number of halogens is 1. The SMILES string of the molecule is [C-]#[N+]c1cccc(C)c1F. The summed E-state index contributed by atoms with van der Waals surface area (Å²) in [6.07, 6.45) is 0. The van der Waals surface area contributed by atoms with E-state index in [4.69, 9.17) is 6.57 Å². The summed E-state index contributed by atoms with van der Waals surface area (Å²) in [6.45, 7) is 8.21. The zero-order chi connectivity index (χ0) is 7.56. The third-order valence-electron chi connectivity index (χ3n) is 1.29. The molecule has 0 saturated heterocycles. The Hall–Kier alpha value is -1.36. The van der Waals surface area contributed by atoms with Crippen molar-refractivity contribution in [2.75, 3.05) is 0 Å². The molecule has 0 bridgehead atoms. The van der Waals surface area contributed by atoms with E-state index in [0.717, 1.165) is 0 Å². The molecule has 0 aliphatic rings. The average Bonchev–Trinajstić information content (AvgIpc) is 1.95. The van der Waals surface area contributed by atoms with Crippen molar-refractivity contribution in [2.24, 2.45) is 0 Å². The molecule has 1 rings (SSSR count). The van der Waals surface area contributed by atoms with Crippen molar-refractivity contribution in [3.8, 4) is 0 Å². The molecule has 0 fully saturated rings. The second kappa shape index (κ2) is 2.49. The van der Waals surface area contributed by atoms with E-state index in [1.807, 2.05) is 0 Å². The molecule has 0 aliphatic heterocycles. The lowest BCUT2D eigenvalue weighted by Crippen LogP contribution is -1.78. The van der Waals surface area contributed by atoms with E-state index in [-0.39, 0.29) is 5.69 Å². The van der Waals surface area contributed by atoms with Crippen molar-refractivity contribution in [3.05, 3.63) is 41.0 Å². The van der Waals surface area contributed by atoms with Crippen LogP contribution in [0, 0.1) is 19.3 Å². The second-order valence-corrected chi connectivity index (χ2v) is 2.02. The van der Waals surface area contributed by atoms with Gasteiger partial charge >= 0.3 is 0 Å². The van der Waals surface area contributed by atoms with E-state index in [1.165, 1.54) is 6.07 Å². The normalized spacial score (nSPS) is 8.90. The Bertz CT molecular complexity index is 286. The fourth-order valence-electron chi connectivity index (χ4n) is 0.718. The van der Waals surface area contributed by atoms with Crippen molar-refractivity contribution in [2.45, 2.75) is 6.92 Å². The Kier molecular flexibility index (Phi) is 1.68. The smallest absolute Gasteiger partial charge is 0.222 e. The van der Waals surface area contributed by atoms with Crippen LogP contribution in [0.5, 0.6) is 0 Å². The van der Waals surface area contributed by atoms with Gasteiger partial charge < -0.3 is 0 Å². The van der Waals surface area contributed by atoms with E-state index in [1.54, 1.807) is 19.1 Å². The van der Waals surface area contributed by atoms with Crippen molar-refractivity contribution in [1.82, 2.24) is 0 Å². The van der Waals surface area contributed by atoms with Crippen LogP contribution in [0.1, 0.15) is 5.56 Å². The van der Waals surface area contributed by atoms with Gasteiger partial charge in [-0.1, -0.05) is 18.2 Å². The summed E-state index contributed by atoms with van der Waals surface area (Å²) in [5.74, 6) is -0.405. The van der Waals surface area contributed by atoms with Crippen LogP contribution in [0.2, 0.25) is 0 Å². The number of hydrogen-bond donors (Lipinski definition) is 0. The van der Waals surface area contributed by atoms with E-state index >= 15 is 0 Å². The summed E-state index contributed by atoms with van der Waals surface area (Å²) in [7, 11) is 0. The maximum atomic E-state index is 12.8. The molecule has 0 N–H and O–H groups in total. The first-order chi connectivity index (χ1) is 4.75. The Morgan fingerprint density at radius 1 is 1.50 bits per heavy atom. The fraction of sp³-hybridized carbons (Fsp3) is 0.125. The summed E-state index contributed by atoms with van der Waals surface area (Å²) in [4.78, 5) is 3.01. The molecule has 0 radical (unpaired) electrons. The third kappa shape index (κ3) is 0.985. The van der Waals surface area contributed by atoms with Crippen LogP contribution < -0.4 is 0 Å². The van der Waals surface area contributed by atoms with Crippen LogP contribution in [0.4, 0.5) is 10.1 Å². The Balaban J connectivity index is 3.31. The molecule has 0 amide bonds. The molecule has 0 aromatic heterocycles. The first kappa shape index (κ1) is 6.76. The minimum absolute atomic E-state index is 0.0972. The highest BCUT2D eigenvalue weighted by molar-refractivity contribution is 5.47. The minimum Gasteiger partial charge on any atom is -0.235 e. The van der Waals surface area contributed by atoms with Gasteiger partial charge in [0.25, 0.3) is 0 Å². The highest BCUT2D eigenvalue weighted by Gasteiger charge is 2.01. The molecule has 1 aromatic carbocycles. The molecule has 1 aromatic rings. The summed E-state index contributed by atoms with van der Waals surface area (Å²) < 4.78 is 12.8. The van der Waals surface area contributed by atoms with Gasteiger partial charge in [-0.3, -0.25) is 0 Å². The van der Waals surface area contributed by atoms with Crippen LogP contribution in [0.25, 0.3) is 4.85 Å². The number of nitrogens with zero attached hydrogens (tertiary/aromatic N) is 1. The molecule has 50 valence electrons. The average molecular weight is 135 g/mol.